The Morgan fingerprint density at radius 1 is 0.615 bits per heavy atom. The van der Waals surface area contributed by atoms with Crippen molar-refractivity contribution in [3.05, 3.63) is 0 Å². The third-order valence-corrected chi connectivity index (χ3v) is 45.1. The summed E-state index contributed by atoms with van der Waals surface area (Å²) in [6, 6.07) is 0. The van der Waals surface area contributed by atoms with Gasteiger partial charge in [-0.1, -0.05) is 0 Å². The van der Waals surface area contributed by atoms with E-state index in [4.69, 9.17) is 0 Å². The first-order chi connectivity index (χ1) is 6.24. The van der Waals surface area contributed by atoms with Gasteiger partial charge in [0, 0.05) is 0 Å². The summed E-state index contributed by atoms with van der Waals surface area (Å²) in [5.74, 6) is 0. The van der Waals surface area contributed by atoms with Crippen molar-refractivity contribution >= 4 is 99.6 Å². The van der Waals surface area contributed by atoms with E-state index in [0.717, 1.165) is 20.3 Å². The Morgan fingerprint density at radius 3 is 1.00 bits per heavy atom. The predicted octanol–water partition coefficient (Wildman–Crippen LogP) is 3.90. The Bertz CT molecular complexity index is 91.2. The Kier molecular flexibility index (Phi) is 13.2. The third-order valence-electron chi connectivity index (χ3n) is 0.965. The van der Waals surface area contributed by atoms with Crippen LogP contribution in [0.2, 0.25) is 0 Å². The van der Waals surface area contributed by atoms with E-state index in [1.807, 2.05) is 40.3 Å². The molecule has 0 amide bonds. The number of hydrogen-bond acceptors (Lipinski definition) is 8. The summed E-state index contributed by atoms with van der Waals surface area (Å²) in [6.07, 6.45) is 0. The normalized spacial score (nSPS) is 12.0. The molecule has 0 aliphatic heterocycles. The second-order valence-corrected chi connectivity index (χ2v) is 37.0. The zero-order valence-electron chi connectivity index (χ0n) is 6.75. The van der Waals surface area contributed by atoms with Gasteiger partial charge < -0.3 is 0 Å². The standard InChI is InChI=1S/C4H12GeS8/c6-1-10-5(11-2-7,12-3-8)13-4-9/h6-9H,1-4H2. The van der Waals surface area contributed by atoms with Gasteiger partial charge in [0.05, 0.1) is 0 Å². The van der Waals surface area contributed by atoms with Gasteiger partial charge in [-0.15, -0.1) is 0 Å². The molecule has 0 aromatic heterocycles. The molecule has 80 valence electrons. The van der Waals surface area contributed by atoms with Crippen LogP contribution in [-0.4, -0.2) is 29.0 Å². The summed E-state index contributed by atoms with van der Waals surface area (Å²) >= 11 is 17.1. The molecule has 0 radical (unpaired) electrons. The van der Waals surface area contributed by atoms with Crippen LogP contribution in [0.5, 0.6) is 0 Å². The summed E-state index contributed by atoms with van der Waals surface area (Å²) < 4.78 is 0. The minimum atomic E-state index is -1.96. The Hall–Kier alpha value is 3.34. The number of hydrogen-bond donors (Lipinski definition) is 4. The quantitative estimate of drug-likeness (QED) is 0.282. The van der Waals surface area contributed by atoms with Crippen LogP contribution in [0.15, 0.2) is 0 Å². The van der Waals surface area contributed by atoms with Gasteiger partial charge in [0.15, 0.2) is 0 Å². The fraction of sp³-hybridized carbons (Fsp3) is 1.00. The van der Waals surface area contributed by atoms with Crippen molar-refractivity contribution in [1.29, 1.82) is 0 Å². The molecule has 0 rings (SSSR count). The van der Waals surface area contributed by atoms with E-state index < -0.39 is 8.70 Å². The molecule has 0 atom stereocenters. The molecule has 13 heavy (non-hydrogen) atoms. The maximum atomic E-state index is 4.29. The van der Waals surface area contributed by atoms with Crippen LogP contribution in [-0.2, 0) is 0 Å². The zero-order chi connectivity index (χ0) is 10.2. The van der Waals surface area contributed by atoms with Crippen molar-refractivity contribution in [3.8, 4) is 0 Å². The van der Waals surface area contributed by atoms with Crippen molar-refractivity contribution in [2.45, 2.75) is 0 Å². The molecule has 0 nitrogen and oxygen atoms in total. The van der Waals surface area contributed by atoms with Crippen LogP contribution in [0.4, 0.5) is 0 Å². The van der Waals surface area contributed by atoms with Crippen LogP contribution >= 0.6 is 90.9 Å². The van der Waals surface area contributed by atoms with Crippen LogP contribution < -0.4 is 0 Å². The summed E-state index contributed by atoms with van der Waals surface area (Å²) in [5, 5.41) is 3.56. The van der Waals surface area contributed by atoms with Gasteiger partial charge >= 0.3 is 120 Å². The fourth-order valence-electron chi connectivity index (χ4n) is 0.566. The molecule has 9 heteroatoms. The van der Waals surface area contributed by atoms with Gasteiger partial charge in [0.1, 0.15) is 0 Å². The monoisotopic (exact) mass is 390 g/mol. The molecule has 0 bridgehead atoms. The zero-order valence-corrected chi connectivity index (χ0v) is 15.7. The SMILES string of the molecule is SC[S][Ge]([S]CS)([S]CS)[S]CS. The van der Waals surface area contributed by atoms with Crippen molar-refractivity contribution in [2.75, 3.05) is 20.3 Å². The maximum absolute atomic E-state index is 4.29. The Labute approximate surface area is 118 Å². The summed E-state index contributed by atoms with van der Waals surface area (Å²) in [6.45, 7) is 0. The number of thiol groups is 4. The van der Waals surface area contributed by atoms with Crippen LogP contribution in [0, 0.1) is 0 Å². The van der Waals surface area contributed by atoms with E-state index in [1.54, 1.807) is 0 Å². The molecule has 0 aromatic rings. The van der Waals surface area contributed by atoms with E-state index in [9.17, 15) is 0 Å². The Balaban J connectivity index is 4.19. The molecule has 0 aromatic carbocycles. The second-order valence-electron chi connectivity index (χ2n) is 1.59. The van der Waals surface area contributed by atoms with E-state index in [1.165, 1.54) is 0 Å². The molecule has 0 saturated carbocycles. The van der Waals surface area contributed by atoms with Crippen molar-refractivity contribution < 1.29 is 0 Å². The summed E-state index contributed by atoms with van der Waals surface area (Å²) in [5.41, 5.74) is 0. The van der Waals surface area contributed by atoms with Crippen LogP contribution in [0.3, 0.4) is 0 Å². The van der Waals surface area contributed by atoms with Crippen LogP contribution in [0.25, 0.3) is 0 Å². The van der Waals surface area contributed by atoms with Crippen molar-refractivity contribution in [1.82, 2.24) is 0 Å². The van der Waals surface area contributed by atoms with E-state index in [2.05, 4.69) is 50.5 Å². The molecule has 0 saturated heterocycles. The third kappa shape index (κ3) is 7.30. The van der Waals surface area contributed by atoms with Gasteiger partial charge in [-0.3, -0.25) is 0 Å². The van der Waals surface area contributed by atoms with Gasteiger partial charge in [-0.2, -0.15) is 0 Å². The Morgan fingerprint density at radius 2 is 0.846 bits per heavy atom. The topological polar surface area (TPSA) is 0 Å². The second kappa shape index (κ2) is 10.5. The summed E-state index contributed by atoms with van der Waals surface area (Å²) in [7, 11) is 6.01. The molecule has 0 fully saturated rings. The molecular formula is C4H12GeS8. The first-order valence-electron chi connectivity index (χ1n) is 3.24. The average molecular weight is 389 g/mol. The summed E-state index contributed by atoms with van der Waals surface area (Å²) in [4.78, 5) is 0. The molecule has 0 aliphatic carbocycles. The molecule has 0 spiro atoms. The van der Waals surface area contributed by atoms with Crippen molar-refractivity contribution in [3.63, 3.8) is 0 Å². The van der Waals surface area contributed by atoms with E-state index in [-0.39, 0.29) is 0 Å². The molecular weight excluding hydrogens is 377 g/mol. The first-order valence-corrected chi connectivity index (χ1v) is 20.0. The van der Waals surface area contributed by atoms with Crippen molar-refractivity contribution in [2.24, 2.45) is 0 Å². The fourth-order valence-corrected chi connectivity index (χ4v) is 56.1. The van der Waals surface area contributed by atoms with Gasteiger partial charge in [-0.05, 0) is 0 Å². The first kappa shape index (κ1) is 16.3. The van der Waals surface area contributed by atoms with E-state index in [0.29, 0.717) is 0 Å². The van der Waals surface area contributed by atoms with Gasteiger partial charge in [0.2, 0.25) is 0 Å². The molecule has 0 heterocycles. The predicted molar refractivity (Wildman–Crippen MR) is 91.5 cm³/mol. The molecule has 0 N–H and O–H groups in total. The number of rotatable bonds is 8. The minimum absolute atomic E-state index is 0.891. The van der Waals surface area contributed by atoms with Gasteiger partial charge in [-0.25, -0.2) is 0 Å². The van der Waals surface area contributed by atoms with Gasteiger partial charge in [0.25, 0.3) is 0 Å². The average Bonchev–Trinajstić information content (AvgIpc) is 2.06. The molecule has 0 unspecified atom stereocenters. The van der Waals surface area contributed by atoms with E-state index >= 15 is 0 Å². The van der Waals surface area contributed by atoms with Crippen LogP contribution in [0.1, 0.15) is 0 Å². The molecule has 0 aliphatic rings.